The van der Waals surface area contributed by atoms with Crippen molar-refractivity contribution in [2.45, 2.75) is 31.8 Å². The van der Waals surface area contributed by atoms with Crippen LogP contribution in [0.2, 0.25) is 0 Å². The molecule has 0 aliphatic carbocycles. The third kappa shape index (κ3) is 2.48. The van der Waals surface area contributed by atoms with Crippen LogP contribution >= 0.6 is 0 Å². The Labute approximate surface area is 102 Å². The van der Waals surface area contributed by atoms with E-state index in [2.05, 4.69) is 15.3 Å². The number of rotatable bonds is 2. The average molecular weight is 233 g/mol. The van der Waals surface area contributed by atoms with E-state index in [9.17, 15) is 0 Å². The van der Waals surface area contributed by atoms with Gasteiger partial charge in [-0.15, -0.1) is 0 Å². The van der Waals surface area contributed by atoms with Crippen LogP contribution in [0, 0.1) is 5.41 Å². The lowest BCUT2D eigenvalue weighted by Gasteiger charge is -2.32. The Hall–Kier alpha value is -1.00. The molecule has 0 unspecified atom stereocenters. The van der Waals surface area contributed by atoms with Gasteiger partial charge in [-0.25, -0.2) is 9.97 Å². The summed E-state index contributed by atoms with van der Waals surface area (Å²) in [4.78, 5) is 8.11. The van der Waals surface area contributed by atoms with Gasteiger partial charge in [0.25, 0.3) is 0 Å². The maximum absolute atomic E-state index is 5.97. The largest absolute Gasteiger partial charge is 0.377 e. The summed E-state index contributed by atoms with van der Waals surface area (Å²) in [6.07, 6.45) is 10.4. The van der Waals surface area contributed by atoms with E-state index in [1.165, 1.54) is 24.8 Å². The van der Waals surface area contributed by atoms with E-state index in [0.717, 1.165) is 26.1 Å². The van der Waals surface area contributed by atoms with E-state index in [0.29, 0.717) is 11.5 Å². The van der Waals surface area contributed by atoms with Gasteiger partial charge in [0.2, 0.25) is 0 Å². The van der Waals surface area contributed by atoms with Gasteiger partial charge in [-0.2, -0.15) is 0 Å². The Kier molecular flexibility index (Phi) is 3.07. The predicted octanol–water partition coefficient (Wildman–Crippen LogP) is 1.18. The van der Waals surface area contributed by atoms with Crippen molar-refractivity contribution < 1.29 is 4.74 Å². The van der Waals surface area contributed by atoms with Crippen molar-refractivity contribution in [2.75, 3.05) is 19.7 Å². The van der Waals surface area contributed by atoms with Gasteiger partial charge in [0, 0.05) is 18.8 Å². The first-order chi connectivity index (χ1) is 8.36. The van der Waals surface area contributed by atoms with E-state index in [1.54, 1.807) is 6.33 Å². The van der Waals surface area contributed by atoms with Gasteiger partial charge in [-0.05, 0) is 43.3 Å². The minimum atomic E-state index is 0.360. The second-order valence-electron chi connectivity index (χ2n) is 5.34. The van der Waals surface area contributed by atoms with Crippen LogP contribution in [0.1, 0.15) is 24.8 Å². The Balaban J connectivity index is 1.60. The summed E-state index contributed by atoms with van der Waals surface area (Å²) >= 11 is 0. The molecular weight excluding hydrogens is 214 g/mol. The molecule has 1 aromatic rings. The molecule has 17 heavy (non-hydrogen) atoms. The van der Waals surface area contributed by atoms with Gasteiger partial charge in [0.15, 0.2) is 0 Å². The summed E-state index contributed by atoms with van der Waals surface area (Å²) < 4.78 is 5.97. The maximum Gasteiger partial charge on any atom is 0.115 e. The van der Waals surface area contributed by atoms with Crippen LogP contribution in [-0.4, -0.2) is 35.8 Å². The van der Waals surface area contributed by atoms with Crippen molar-refractivity contribution in [1.29, 1.82) is 0 Å². The number of nitrogens with zero attached hydrogens (tertiary/aromatic N) is 2. The summed E-state index contributed by atoms with van der Waals surface area (Å²) in [7, 11) is 0. The zero-order chi connectivity index (χ0) is 11.6. The minimum absolute atomic E-state index is 0.360. The second-order valence-corrected chi connectivity index (χ2v) is 5.34. The lowest BCUT2D eigenvalue weighted by Crippen LogP contribution is -2.37. The quantitative estimate of drug-likeness (QED) is 0.833. The summed E-state index contributed by atoms with van der Waals surface area (Å²) in [5.41, 5.74) is 1.63. The Morgan fingerprint density at radius 1 is 1.29 bits per heavy atom. The molecule has 0 amide bonds. The third-order valence-electron chi connectivity index (χ3n) is 4.03. The summed E-state index contributed by atoms with van der Waals surface area (Å²) in [6.45, 7) is 3.22. The molecule has 2 saturated heterocycles. The van der Waals surface area contributed by atoms with E-state index < -0.39 is 0 Å². The number of nitrogens with one attached hydrogen (secondary N) is 1. The van der Waals surface area contributed by atoms with E-state index in [-0.39, 0.29) is 0 Å². The van der Waals surface area contributed by atoms with Crippen molar-refractivity contribution >= 4 is 0 Å². The van der Waals surface area contributed by atoms with Crippen molar-refractivity contribution in [3.8, 4) is 0 Å². The van der Waals surface area contributed by atoms with E-state index in [4.69, 9.17) is 4.74 Å². The zero-order valence-electron chi connectivity index (χ0n) is 10.1. The molecule has 3 heterocycles. The summed E-state index contributed by atoms with van der Waals surface area (Å²) in [6, 6.07) is 0. The number of ether oxygens (including phenoxy) is 1. The monoisotopic (exact) mass is 233 g/mol. The molecule has 3 rings (SSSR count). The summed E-state index contributed by atoms with van der Waals surface area (Å²) in [5.74, 6) is 0. The Morgan fingerprint density at radius 2 is 2.06 bits per heavy atom. The minimum Gasteiger partial charge on any atom is -0.377 e. The fourth-order valence-electron chi connectivity index (χ4n) is 3.03. The van der Waals surface area contributed by atoms with Crippen LogP contribution in [-0.2, 0) is 11.2 Å². The normalized spacial score (nSPS) is 27.4. The third-order valence-corrected chi connectivity index (χ3v) is 4.03. The van der Waals surface area contributed by atoms with E-state index in [1.807, 2.05) is 12.4 Å². The van der Waals surface area contributed by atoms with Crippen LogP contribution < -0.4 is 5.32 Å². The molecule has 1 spiro atoms. The highest BCUT2D eigenvalue weighted by atomic mass is 16.5. The maximum atomic E-state index is 5.97. The first-order valence-electron chi connectivity index (χ1n) is 6.43. The number of hydrogen-bond donors (Lipinski definition) is 1. The highest BCUT2D eigenvalue weighted by molar-refractivity contribution is 5.06. The number of hydrogen-bond acceptors (Lipinski definition) is 4. The van der Waals surface area contributed by atoms with Crippen LogP contribution in [0.4, 0.5) is 0 Å². The van der Waals surface area contributed by atoms with Crippen molar-refractivity contribution in [1.82, 2.24) is 15.3 Å². The molecule has 1 atom stereocenters. The zero-order valence-corrected chi connectivity index (χ0v) is 10.1. The molecule has 2 fully saturated rings. The first-order valence-corrected chi connectivity index (χ1v) is 6.43. The van der Waals surface area contributed by atoms with Crippen LogP contribution in [0.5, 0.6) is 0 Å². The van der Waals surface area contributed by atoms with Crippen LogP contribution in [0.15, 0.2) is 18.7 Å². The molecule has 4 heteroatoms. The van der Waals surface area contributed by atoms with Gasteiger partial charge in [-0.3, -0.25) is 0 Å². The molecule has 4 nitrogen and oxygen atoms in total. The topological polar surface area (TPSA) is 47.0 Å². The van der Waals surface area contributed by atoms with Gasteiger partial charge in [0.1, 0.15) is 6.33 Å². The van der Waals surface area contributed by atoms with Crippen molar-refractivity contribution in [3.05, 3.63) is 24.3 Å². The summed E-state index contributed by atoms with van der Waals surface area (Å²) in [5, 5.41) is 3.42. The molecule has 1 aromatic heterocycles. The first kappa shape index (κ1) is 11.1. The van der Waals surface area contributed by atoms with Crippen LogP contribution in [0.25, 0.3) is 0 Å². The van der Waals surface area contributed by atoms with Gasteiger partial charge >= 0.3 is 0 Å². The lowest BCUT2D eigenvalue weighted by molar-refractivity contribution is 0.0867. The van der Waals surface area contributed by atoms with E-state index >= 15 is 0 Å². The predicted molar refractivity (Wildman–Crippen MR) is 64.6 cm³/mol. The fourth-order valence-corrected chi connectivity index (χ4v) is 3.03. The van der Waals surface area contributed by atoms with Crippen molar-refractivity contribution in [3.63, 3.8) is 0 Å². The standard InChI is InChI=1S/C13H19N3O/c1-3-14-4-2-13(1)6-12(17-9-13)5-11-7-15-10-16-8-11/h7-8,10,12,14H,1-6,9H2/t12-/m0/s1. The highest BCUT2D eigenvalue weighted by Gasteiger charge is 2.40. The molecular formula is C13H19N3O. The average Bonchev–Trinajstić information content (AvgIpc) is 2.74. The molecule has 92 valence electrons. The van der Waals surface area contributed by atoms with Crippen LogP contribution in [0.3, 0.4) is 0 Å². The number of piperidine rings is 1. The fraction of sp³-hybridized carbons (Fsp3) is 0.692. The van der Waals surface area contributed by atoms with Crippen molar-refractivity contribution in [2.24, 2.45) is 5.41 Å². The van der Waals surface area contributed by atoms with Gasteiger partial charge in [-0.1, -0.05) is 0 Å². The number of aromatic nitrogens is 2. The van der Waals surface area contributed by atoms with Gasteiger partial charge in [0.05, 0.1) is 12.7 Å². The Bertz CT molecular complexity index is 362. The molecule has 0 bridgehead atoms. The molecule has 2 aliphatic rings. The van der Waals surface area contributed by atoms with Gasteiger partial charge < -0.3 is 10.1 Å². The molecule has 0 saturated carbocycles. The lowest BCUT2D eigenvalue weighted by atomic mass is 9.77. The SMILES string of the molecule is c1ncc(C[C@H]2CC3(CCNCC3)CO2)cn1. The molecule has 1 N–H and O–H groups in total. The smallest absolute Gasteiger partial charge is 0.115 e. The highest BCUT2D eigenvalue weighted by Crippen LogP contribution is 2.40. The molecule has 2 aliphatic heterocycles. The second kappa shape index (κ2) is 4.70. The molecule has 0 aromatic carbocycles. The molecule has 0 radical (unpaired) electrons. The Morgan fingerprint density at radius 3 is 2.82 bits per heavy atom.